The van der Waals surface area contributed by atoms with Crippen molar-refractivity contribution in [2.24, 2.45) is 0 Å². The molecule has 0 saturated carbocycles. The number of nitrogens with one attached hydrogen (secondary N) is 1. The van der Waals surface area contributed by atoms with E-state index < -0.39 is 0 Å². The summed E-state index contributed by atoms with van der Waals surface area (Å²) in [6, 6.07) is 15.7. The van der Waals surface area contributed by atoms with Crippen LogP contribution in [0, 0.1) is 0 Å². The van der Waals surface area contributed by atoms with Crippen LogP contribution in [-0.4, -0.2) is 32.2 Å². The van der Waals surface area contributed by atoms with Crippen molar-refractivity contribution in [3.63, 3.8) is 0 Å². The number of aromatic nitrogens is 5. The van der Waals surface area contributed by atoms with E-state index in [0.717, 1.165) is 22.4 Å². The average Bonchev–Trinajstić information content (AvgIpc) is 3.02. The van der Waals surface area contributed by atoms with Crippen molar-refractivity contribution in [2.75, 3.05) is 12.4 Å². The molecule has 0 aliphatic rings. The molecular weight excluding hydrogens is 284 g/mol. The molecule has 0 saturated heterocycles. The fourth-order valence-electron chi connectivity index (χ4n) is 1.84. The lowest BCUT2D eigenvalue weighted by Crippen LogP contribution is -1.99. The van der Waals surface area contributed by atoms with Gasteiger partial charge in [0.2, 0.25) is 5.16 Å². The number of hydrogen-bond donors (Lipinski definition) is 1. The quantitative estimate of drug-likeness (QED) is 0.729. The second kappa shape index (κ2) is 6.36. The standard InChI is InChI=1S/C14H14N6S/c1-15-13-9-5-6-11(16-13)10-21-14-17-18-19-20(14)12-7-3-2-4-8-12/h2-9H,10H2,1H3,(H,15,16). The van der Waals surface area contributed by atoms with Gasteiger partial charge in [0.05, 0.1) is 11.4 Å². The summed E-state index contributed by atoms with van der Waals surface area (Å²) in [6.45, 7) is 0. The maximum Gasteiger partial charge on any atom is 0.214 e. The molecule has 0 atom stereocenters. The number of pyridine rings is 1. The summed E-state index contributed by atoms with van der Waals surface area (Å²) in [5.41, 5.74) is 1.93. The Hall–Kier alpha value is -2.41. The smallest absolute Gasteiger partial charge is 0.214 e. The largest absolute Gasteiger partial charge is 0.373 e. The van der Waals surface area contributed by atoms with E-state index in [4.69, 9.17) is 0 Å². The molecule has 7 heteroatoms. The zero-order valence-corrected chi connectivity index (χ0v) is 12.3. The van der Waals surface area contributed by atoms with E-state index in [2.05, 4.69) is 25.8 Å². The van der Waals surface area contributed by atoms with Crippen LogP contribution in [0.25, 0.3) is 5.69 Å². The summed E-state index contributed by atoms with van der Waals surface area (Å²) in [7, 11) is 1.86. The molecule has 106 valence electrons. The van der Waals surface area contributed by atoms with Crippen molar-refractivity contribution < 1.29 is 0 Å². The number of hydrogen-bond acceptors (Lipinski definition) is 6. The molecule has 0 bridgehead atoms. The molecular formula is C14H14N6S. The first-order chi connectivity index (χ1) is 10.4. The van der Waals surface area contributed by atoms with E-state index in [-0.39, 0.29) is 0 Å². The summed E-state index contributed by atoms with van der Waals surface area (Å²) >= 11 is 1.56. The maximum atomic E-state index is 4.48. The number of para-hydroxylation sites is 1. The minimum Gasteiger partial charge on any atom is -0.373 e. The Kier molecular flexibility index (Phi) is 4.11. The predicted octanol–water partition coefficient (Wildman–Crippen LogP) is 2.39. The van der Waals surface area contributed by atoms with Gasteiger partial charge in [-0.25, -0.2) is 4.98 Å². The van der Waals surface area contributed by atoms with Gasteiger partial charge in [-0.3, -0.25) is 0 Å². The van der Waals surface area contributed by atoms with Gasteiger partial charge in [0, 0.05) is 12.8 Å². The predicted molar refractivity (Wildman–Crippen MR) is 82.5 cm³/mol. The normalized spacial score (nSPS) is 10.5. The Morgan fingerprint density at radius 3 is 2.76 bits per heavy atom. The number of nitrogens with zero attached hydrogens (tertiary/aromatic N) is 5. The highest BCUT2D eigenvalue weighted by atomic mass is 32.2. The Morgan fingerprint density at radius 2 is 1.95 bits per heavy atom. The van der Waals surface area contributed by atoms with Gasteiger partial charge < -0.3 is 5.32 Å². The highest BCUT2D eigenvalue weighted by molar-refractivity contribution is 7.98. The van der Waals surface area contributed by atoms with E-state index in [0.29, 0.717) is 5.75 Å². The molecule has 0 amide bonds. The summed E-state index contributed by atoms with van der Waals surface area (Å²) in [5, 5.41) is 15.6. The number of anilines is 1. The van der Waals surface area contributed by atoms with E-state index in [9.17, 15) is 0 Å². The molecule has 21 heavy (non-hydrogen) atoms. The third-order valence-corrected chi connectivity index (χ3v) is 3.81. The topological polar surface area (TPSA) is 68.5 Å². The van der Waals surface area contributed by atoms with Gasteiger partial charge in [0.15, 0.2) is 0 Å². The molecule has 1 N–H and O–H groups in total. The van der Waals surface area contributed by atoms with E-state index in [1.54, 1.807) is 16.4 Å². The van der Waals surface area contributed by atoms with Crippen LogP contribution in [0.4, 0.5) is 5.82 Å². The first kappa shape index (κ1) is 13.6. The fourth-order valence-corrected chi connectivity index (χ4v) is 2.63. The highest BCUT2D eigenvalue weighted by Crippen LogP contribution is 2.22. The van der Waals surface area contributed by atoms with Crippen molar-refractivity contribution >= 4 is 17.6 Å². The van der Waals surface area contributed by atoms with Crippen LogP contribution < -0.4 is 5.32 Å². The van der Waals surface area contributed by atoms with Gasteiger partial charge >= 0.3 is 0 Å². The molecule has 6 nitrogen and oxygen atoms in total. The molecule has 2 heterocycles. The molecule has 0 unspecified atom stereocenters. The van der Waals surface area contributed by atoms with Crippen LogP contribution in [0.5, 0.6) is 0 Å². The van der Waals surface area contributed by atoms with Crippen LogP contribution in [-0.2, 0) is 5.75 Å². The molecule has 0 aliphatic heterocycles. The Bertz CT molecular complexity index is 712. The van der Waals surface area contributed by atoms with Crippen molar-refractivity contribution in [3.05, 3.63) is 54.2 Å². The van der Waals surface area contributed by atoms with Crippen molar-refractivity contribution in [1.29, 1.82) is 0 Å². The summed E-state index contributed by atoms with van der Waals surface area (Å²) in [5.74, 6) is 1.57. The van der Waals surface area contributed by atoms with Gasteiger partial charge in [-0.15, -0.1) is 5.10 Å². The molecule has 0 radical (unpaired) electrons. The molecule has 0 aliphatic carbocycles. The van der Waals surface area contributed by atoms with Gasteiger partial charge in [-0.1, -0.05) is 36.0 Å². The number of benzene rings is 1. The van der Waals surface area contributed by atoms with Crippen LogP contribution >= 0.6 is 11.8 Å². The lowest BCUT2D eigenvalue weighted by molar-refractivity contribution is 0.756. The van der Waals surface area contributed by atoms with Gasteiger partial charge in [-0.2, -0.15) is 4.68 Å². The molecule has 3 rings (SSSR count). The zero-order valence-electron chi connectivity index (χ0n) is 11.5. The van der Waals surface area contributed by atoms with Gasteiger partial charge in [0.1, 0.15) is 5.82 Å². The fraction of sp³-hybridized carbons (Fsp3) is 0.143. The summed E-state index contributed by atoms with van der Waals surface area (Å²) in [6.07, 6.45) is 0. The maximum absolute atomic E-state index is 4.48. The number of tetrazole rings is 1. The van der Waals surface area contributed by atoms with E-state index in [1.807, 2.05) is 55.6 Å². The Balaban J connectivity index is 1.76. The lowest BCUT2D eigenvalue weighted by Gasteiger charge is -2.05. The minimum atomic E-state index is 0.711. The first-order valence-electron chi connectivity index (χ1n) is 6.47. The van der Waals surface area contributed by atoms with Crippen LogP contribution in [0.2, 0.25) is 0 Å². The first-order valence-corrected chi connectivity index (χ1v) is 7.45. The lowest BCUT2D eigenvalue weighted by atomic mass is 10.3. The molecule has 3 aromatic rings. The second-order valence-corrected chi connectivity index (χ2v) is 5.20. The molecule has 0 fully saturated rings. The summed E-state index contributed by atoms with van der Waals surface area (Å²) in [4.78, 5) is 4.48. The average molecular weight is 298 g/mol. The summed E-state index contributed by atoms with van der Waals surface area (Å²) < 4.78 is 1.73. The van der Waals surface area contributed by atoms with Gasteiger partial charge in [0.25, 0.3) is 0 Å². The van der Waals surface area contributed by atoms with Crippen LogP contribution in [0.15, 0.2) is 53.7 Å². The van der Waals surface area contributed by atoms with Crippen LogP contribution in [0.3, 0.4) is 0 Å². The second-order valence-electron chi connectivity index (χ2n) is 4.26. The molecule has 1 aromatic carbocycles. The molecule has 0 spiro atoms. The molecule has 2 aromatic heterocycles. The van der Waals surface area contributed by atoms with E-state index in [1.165, 1.54) is 0 Å². The number of thioether (sulfide) groups is 1. The minimum absolute atomic E-state index is 0.711. The van der Waals surface area contributed by atoms with Crippen molar-refractivity contribution in [1.82, 2.24) is 25.2 Å². The SMILES string of the molecule is CNc1cccc(CSc2nnnn2-c2ccccc2)n1. The Labute approximate surface area is 126 Å². The van der Waals surface area contributed by atoms with E-state index >= 15 is 0 Å². The third kappa shape index (κ3) is 3.19. The number of rotatable bonds is 5. The van der Waals surface area contributed by atoms with Crippen molar-refractivity contribution in [2.45, 2.75) is 10.9 Å². The van der Waals surface area contributed by atoms with Gasteiger partial charge in [-0.05, 0) is 34.7 Å². The van der Waals surface area contributed by atoms with Crippen molar-refractivity contribution in [3.8, 4) is 5.69 Å². The zero-order chi connectivity index (χ0) is 14.5. The Morgan fingerprint density at radius 1 is 1.10 bits per heavy atom. The monoisotopic (exact) mass is 298 g/mol. The highest BCUT2D eigenvalue weighted by Gasteiger charge is 2.09. The van der Waals surface area contributed by atoms with Crippen LogP contribution in [0.1, 0.15) is 5.69 Å². The third-order valence-electron chi connectivity index (χ3n) is 2.85.